The number of hydrogen-bond acceptors (Lipinski definition) is 5. The minimum atomic E-state index is -3.32. The Morgan fingerprint density at radius 2 is 2.14 bits per heavy atom. The van der Waals surface area contributed by atoms with Crippen LogP contribution in [-0.4, -0.2) is 72.7 Å². The summed E-state index contributed by atoms with van der Waals surface area (Å²) < 4.78 is 23.9. The predicted octanol–water partition coefficient (Wildman–Crippen LogP) is -0.889. The first kappa shape index (κ1) is 16.7. The quantitative estimate of drug-likeness (QED) is 0.661. The first-order valence-corrected chi connectivity index (χ1v) is 9.18. The molecule has 2 aliphatic rings. The fraction of sp³-hybridized carbons (Fsp3) is 0.923. The Hall–Kier alpha value is -0.700. The van der Waals surface area contributed by atoms with Gasteiger partial charge in [-0.2, -0.15) is 0 Å². The van der Waals surface area contributed by atoms with Gasteiger partial charge < -0.3 is 10.8 Å². The van der Waals surface area contributed by atoms with Crippen molar-refractivity contribution in [2.45, 2.75) is 49.8 Å². The first-order chi connectivity index (χ1) is 9.67. The topological polar surface area (TPSA) is 104 Å². The maximum Gasteiger partial charge on any atom is 0.237 e. The normalized spacial score (nSPS) is 31.5. The molecule has 0 aromatic heterocycles. The number of β-amino-alcohol motifs (C(OH)–C–C–N with tert-alkyl or cyclic N) is 1. The van der Waals surface area contributed by atoms with Crippen LogP contribution in [0.2, 0.25) is 0 Å². The van der Waals surface area contributed by atoms with E-state index in [4.69, 9.17) is 5.73 Å². The van der Waals surface area contributed by atoms with E-state index in [1.165, 1.54) is 7.05 Å². The summed E-state index contributed by atoms with van der Waals surface area (Å²) in [5.41, 5.74) is 4.96. The molecule has 0 aliphatic carbocycles. The van der Waals surface area contributed by atoms with Crippen molar-refractivity contribution in [1.82, 2.24) is 9.21 Å². The van der Waals surface area contributed by atoms with Gasteiger partial charge in [-0.3, -0.25) is 9.69 Å². The van der Waals surface area contributed by atoms with Gasteiger partial charge in [0.1, 0.15) is 5.54 Å². The molecule has 21 heavy (non-hydrogen) atoms. The van der Waals surface area contributed by atoms with Gasteiger partial charge in [0.15, 0.2) is 0 Å². The van der Waals surface area contributed by atoms with Crippen LogP contribution in [0.15, 0.2) is 0 Å². The number of amides is 1. The number of carbonyl (C=O) groups is 1. The molecule has 0 spiro atoms. The zero-order valence-corrected chi connectivity index (χ0v) is 13.5. The summed E-state index contributed by atoms with van der Waals surface area (Å²) in [6.45, 7) is 0.310. The summed E-state index contributed by atoms with van der Waals surface area (Å²) in [5.74, 6) is -0.326. The number of nitrogens with zero attached hydrogens (tertiary/aromatic N) is 2. The van der Waals surface area contributed by atoms with E-state index in [9.17, 15) is 18.3 Å². The maximum absolute atomic E-state index is 11.9. The number of sulfonamides is 1. The van der Waals surface area contributed by atoms with Crippen LogP contribution in [0, 0.1) is 0 Å². The van der Waals surface area contributed by atoms with E-state index in [2.05, 4.69) is 0 Å². The summed E-state index contributed by atoms with van der Waals surface area (Å²) in [4.78, 5) is 13.9. The Morgan fingerprint density at radius 3 is 2.71 bits per heavy atom. The van der Waals surface area contributed by atoms with Crippen LogP contribution in [0.3, 0.4) is 0 Å². The van der Waals surface area contributed by atoms with E-state index in [1.54, 1.807) is 0 Å². The second kappa shape index (κ2) is 5.83. The van der Waals surface area contributed by atoms with Gasteiger partial charge in [-0.05, 0) is 32.1 Å². The van der Waals surface area contributed by atoms with Crippen molar-refractivity contribution in [2.24, 2.45) is 5.73 Å². The minimum Gasteiger partial charge on any atom is -0.390 e. The standard InChI is InChI=1S/C13H25N3O4S/c1-15(21(2,19)20)8-11(17)9-16-10-4-3-6-13(16,7-5-10)12(14)18/h10-11,17H,3-9H2,1-2H3,(H2,14,18)/t10-,11-,13+/m0/s1. The van der Waals surface area contributed by atoms with Gasteiger partial charge in [0.25, 0.3) is 0 Å². The second-order valence-electron chi connectivity index (χ2n) is 6.33. The molecule has 2 bridgehead atoms. The third-order valence-electron chi connectivity index (χ3n) is 4.91. The van der Waals surface area contributed by atoms with Gasteiger partial charge in [-0.15, -0.1) is 0 Å². The highest BCUT2D eigenvalue weighted by atomic mass is 32.2. The van der Waals surface area contributed by atoms with Crippen molar-refractivity contribution >= 4 is 15.9 Å². The number of rotatable bonds is 6. The van der Waals surface area contributed by atoms with Crippen LogP contribution in [0.4, 0.5) is 0 Å². The van der Waals surface area contributed by atoms with E-state index < -0.39 is 21.7 Å². The van der Waals surface area contributed by atoms with Gasteiger partial charge in [0.05, 0.1) is 12.4 Å². The maximum atomic E-state index is 11.9. The molecule has 3 N–H and O–H groups in total. The molecular formula is C13H25N3O4S. The summed E-state index contributed by atoms with van der Waals surface area (Å²) in [7, 11) is -1.88. The first-order valence-electron chi connectivity index (χ1n) is 7.33. The van der Waals surface area contributed by atoms with E-state index >= 15 is 0 Å². The van der Waals surface area contributed by atoms with Crippen molar-refractivity contribution in [2.75, 3.05) is 26.4 Å². The van der Waals surface area contributed by atoms with Crippen LogP contribution in [0.1, 0.15) is 32.1 Å². The Morgan fingerprint density at radius 1 is 1.48 bits per heavy atom. The molecule has 122 valence electrons. The number of aliphatic hydroxyl groups excluding tert-OH is 1. The smallest absolute Gasteiger partial charge is 0.237 e. The van der Waals surface area contributed by atoms with Crippen molar-refractivity contribution < 1.29 is 18.3 Å². The van der Waals surface area contributed by atoms with Crippen LogP contribution < -0.4 is 5.73 Å². The number of fused-ring (bicyclic) bond motifs is 2. The lowest BCUT2D eigenvalue weighted by Gasteiger charge is -2.43. The summed E-state index contributed by atoms with van der Waals surface area (Å²) in [5, 5.41) is 10.2. The lowest BCUT2D eigenvalue weighted by molar-refractivity contribution is -0.132. The van der Waals surface area contributed by atoms with Crippen molar-refractivity contribution in [3.63, 3.8) is 0 Å². The van der Waals surface area contributed by atoms with E-state index in [0.29, 0.717) is 0 Å². The molecule has 0 saturated carbocycles. The third kappa shape index (κ3) is 3.23. The Labute approximate surface area is 126 Å². The van der Waals surface area contributed by atoms with Gasteiger partial charge in [-0.1, -0.05) is 0 Å². The average Bonchev–Trinajstić information content (AvgIpc) is 2.58. The van der Waals surface area contributed by atoms with Crippen molar-refractivity contribution in [3.05, 3.63) is 0 Å². The third-order valence-corrected chi connectivity index (χ3v) is 6.19. The van der Waals surface area contributed by atoms with Crippen LogP contribution in [0.25, 0.3) is 0 Å². The van der Waals surface area contributed by atoms with E-state index in [-0.39, 0.29) is 25.0 Å². The highest BCUT2D eigenvalue weighted by molar-refractivity contribution is 7.88. The molecule has 2 aliphatic heterocycles. The highest BCUT2D eigenvalue weighted by Gasteiger charge is 2.52. The summed E-state index contributed by atoms with van der Waals surface area (Å²) >= 11 is 0. The molecule has 0 aromatic rings. The van der Waals surface area contributed by atoms with Gasteiger partial charge in [0, 0.05) is 26.2 Å². The number of likely N-dealkylation sites (N-methyl/N-ethyl adjacent to an activating group) is 1. The summed E-state index contributed by atoms with van der Waals surface area (Å²) in [6, 6.07) is 0.268. The molecule has 0 aromatic carbocycles. The number of carbonyl (C=O) groups excluding carboxylic acids is 1. The van der Waals surface area contributed by atoms with Crippen LogP contribution in [-0.2, 0) is 14.8 Å². The van der Waals surface area contributed by atoms with Crippen molar-refractivity contribution in [3.8, 4) is 0 Å². The Bertz CT molecular complexity index is 506. The number of primary amides is 1. The van der Waals surface area contributed by atoms with Crippen molar-refractivity contribution in [1.29, 1.82) is 0 Å². The second-order valence-corrected chi connectivity index (χ2v) is 8.42. The molecule has 2 rings (SSSR count). The SMILES string of the molecule is CN(C[C@H](O)CN1[C@H]2CCC[C@]1(C(N)=O)CC2)S(C)(=O)=O. The number of aliphatic hydroxyl groups is 1. The molecule has 0 unspecified atom stereocenters. The Kier molecular flexibility index (Phi) is 4.63. The number of nitrogens with two attached hydrogens (primary N) is 1. The van der Waals surface area contributed by atoms with E-state index in [1.807, 2.05) is 4.90 Å². The van der Waals surface area contributed by atoms with Gasteiger partial charge in [-0.25, -0.2) is 12.7 Å². The fourth-order valence-corrected chi connectivity index (χ4v) is 4.12. The highest BCUT2D eigenvalue weighted by Crippen LogP contribution is 2.43. The molecule has 2 saturated heterocycles. The molecule has 7 nitrogen and oxygen atoms in total. The predicted molar refractivity (Wildman–Crippen MR) is 79.0 cm³/mol. The zero-order valence-electron chi connectivity index (χ0n) is 12.7. The monoisotopic (exact) mass is 319 g/mol. The molecule has 2 heterocycles. The molecule has 8 heteroatoms. The lowest BCUT2D eigenvalue weighted by Crippen LogP contribution is -2.60. The number of piperidine rings is 1. The van der Waals surface area contributed by atoms with Crippen LogP contribution >= 0.6 is 0 Å². The largest absolute Gasteiger partial charge is 0.390 e. The molecule has 0 radical (unpaired) electrons. The molecule has 2 fully saturated rings. The molecule has 3 atom stereocenters. The number of hydrogen-bond donors (Lipinski definition) is 2. The Balaban J connectivity index is 2.06. The van der Waals surface area contributed by atoms with Crippen LogP contribution in [0.5, 0.6) is 0 Å². The lowest BCUT2D eigenvalue weighted by atomic mass is 9.87. The zero-order chi connectivity index (χ0) is 15.8. The van der Waals surface area contributed by atoms with Gasteiger partial charge >= 0.3 is 0 Å². The summed E-state index contributed by atoms with van der Waals surface area (Å²) in [6.07, 6.45) is 4.64. The molecular weight excluding hydrogens is 294 g/mol. The minimum absolute atomic E-state index is 0.0247. The molecule has 1 amide bonds. The fourth-order valence-electron chi connectivity index (χ4n) is 3.68. The van der Waals surface area contributed by atoms with Gasteiger partial charge in [0.2, 0.25) is 15.9 Å². The van der Waals surface area contributed by atoms with E-state index in [0.717, 1.165) is 42.7 Å². The average molecular weight is 319 g/mol.